The second-order valence-electron chi connectivity index (χ2n) is 4.55. The Morgan fingerprint density at radius 1 is 1.48 bits per heavy atom. The molecule has 0 aliphatic carbocycles. The number of aliphatic hydroxyl groups is 1. The fourth-order valence-electron chi connectivity index (χ4n) is 1.92. The lowest BCUT2D eigenvalue weighted by Gasteiger charge is -2.09. The predicted octanol–water partition coefficient (Wildman–Crippen LogP) is 1.79. The third-order valence-electron chi connectivity index (χ3n) is 3.06. The first-order valence-electron chi connectivity index (χ1n) is 6.25. The minimum Gasteiger partial charge on any atom is -0.507 e. The quantitative estimate of drug-likeness (QED) is 0.497. The SMILES string of the molecule is Cn1cccc1C(O)CN=Cc1cc([N+](=O)[O-])ccc1O. The van der Waals surface area contributed by atoms with Crippen LogP contribution < -0.4 is 0 Å². The number of non-ortho nitro benzene ring substituents is 1. The van der Waals surface area contributed by atoms with Gasteiger partial charge < -0.3 is 14.8 Å². The molecule has 1 unspecified atom stereocenters. The molecule has 2 N–H and O–H groups in total. The molecule has 1 aromatic heterocycles. The molecule has 110 valence electrons. The molecule has 21 heavy (non-hydrogen) atoms. The van der Waals surface area contributed by atoms with Crippen molar-refractivity contribution in [3.8, 4) is 5.75 Å². The highest BCUT2D eigenvalue weighted by atomic mass is 16.6. The second-order valence-corrected chi connectivity index (χ2v) is 4.55. The Labute approximate surface area is 121 Å². The maximum Gasteiger partial charge on any atom is 0.270 e. The smallest absolute Gasteiger partial charge is 0.270 e. The Morgan fingerprint density at radius 3 is 2.86 bits per heavy atom. The monoisotopic (exact) mass is 289 g/mol. The molecule has 7 nitrogen and oxygen atoms in total. The van der Waals surface area contributed by atoms with E-state index in [9.17, 15) is 20.3 Å². The maximum atomic E-state index is 10.7. The van der Waals surface area contributed by atoms with Crippen molar-refractivity contribution < 1.29 is 15.1 Å². The van der Waals surface area contributed by atoms with E-state index in [1.807, 2.05) is 19.3 Å². The highest BCUT2D eigenvalue weighted by Gasteiger charge is 2.11. The molecule has 2 rings (SSSR count). The minimum absolute atomic E-state index is 0.0972. The Morgan fingerprint density at radius 2 is 2.24 bits per heavy atom. The molecule has 0 aliphatic heterocycles. The Bertz CT molecular complexity index is 679. The maximum absolute atomic E-state index is 10.7. The van der Waals surface area contributed by atoms with E-state index in [0.717, 1.165) is 5.69 Å². The number of nitro groups is 1. The van der Waals surface area contributed by atoms with E-state index >= 15 is 0 Å². The van der Waals surface area contributed by atoms with E-state index in [2.05, 4.69) is 4.99 Å². The Kier molecular flexibility index (Phi) is 4.34. The number of aliphatic hydroxyl groups excluding tert-OH is 1. The summed E-state index contributed by atoms with van der Waals surface area (Å²) in [5, 5.41) is 30.3. The summed E-state index contributed by atoms with van der Waals surface area (Å²) < 4.78 is 1.78. The molecule has 2 aromatic rings. The molecular weight excluding hydrogens is 274 g/mol. The van der Waals surface area contributed by atoms with Crippen molar-refractivity contribution in [2.45, 2.75) is 6.10 Å². The molecule has 1 aromatic carbocycles. The van der Waals surface area contributed by atoms with Crippen LogP contribution in [0, 0.1) is 10.1 Å². The number of phenols is 1. The molecule has 0 saturated carbocycles. The van der Waals surface area contributed by atoms with E-state index in [1.54, 1.807) is 10.6 Å². The first-order valence-corrected chi connectivity index (χ1v) is 6.25. The largest absolute Gasteiger partial charge is 0.507 e. The lowest BCUT2D eigenvalue weighted by atomic mass is 10.2. The van der Waals surface area contributed by atoms with Crippen LogP contribution in [0.4, 0.5) is 5.69 Å². The number of phenolic OH excluding ortho intramolecular Hbond substituents is 1. The number of nitro benzene ring substituents is 1. The molecule has 0 amide bonds. The van der Waals surface area contributed by atoms with Crippen LogP contribution in [-0.2, 0) is 7.05 Å². The molecule has 1 atom stereocenters. The van der Waals surface area contributed by atoms with Gasteiger partial charge in [0.1, 0.15) is 11.9 Å². The zero-order valence-electron chi connectivity index (χ0n) is 11.4. The molecule has 0 radical (unpaired) electrons. The van der Waals surface area contributed by atoms with Gasteiger partial charge in [-0.05, 0) is 18.2 Å². The highest BCUT2D eigenvalue weighted by molar-refractivity contribution is 5.84. The highest BCUT2D eigenvalue weighted by Crippen LogP contribution is 2.21. The van der Waals surface area contributed by atoms with E-state index in [-0.39, 0.29) is 23.5 Å². The standard InChI is InChI=1S/C14H15N3O4/c1-16-6-2-3-12(16)14(19)9-15-8-10-7-11(17(20)21)4-5-13(10)18/h2-8,14,18-19H,9H2,1H3. The summed E-state index contributed by atoms with van der Waals surface area (Å²) in [6.45, 7) is 0.0972. The second kappa shape index (κ2) is 6.19. The van der Waals surface area contributed by atoms with Gasteiger partial charge in [0.15, 0.2) is 0 Å². The van der Waals surface area contributed by atoms with E-state index in [0.29, 0.717) is 0 Å². The number of nitrogens with zero attached hydrogens (tertiary/aromatic N) is 3. The normalized spacial score (nSPS) is 12.7. The van der Waals surface area contributed by atoms with Gasteiger partial charge in [-0.1, -0.05) is 0 Å². The van der Waals surface area contributed by atoms with E-state index in [1.165, 1.54) is 24.4 Å². The number of aliphatic imine (C=N–C) groups is 1. The van der Waals surface area contributed by atoms with Crippen LogP contribution in [0.15, 0.2) is 41.5 Å². The zero-order valence-corrected chi connectivity index (χ0v) is 11.4. The number of aryl methyl sites for hydroxylation is 1. The molecule has 0 aliphatic rings. The van der Waals surface area contributed by atoms with Crippen LogP contribution >= 0.6 is 0 Å². The minimum atomic E-state index is -0.776. The summed E-state index contributed by atoms with van der Waals surface area (Å²) in [5.74, 6) is -0.0993. The molecule has 0 fully saturated rings. The number of aromatic nitrogens is 1. The van der Waals surface area contributed by atoms with Crippen molar-refractivity contribution in [1.82, 2.24) is 4.57 Å². The van der Waals surface area contributed by atoms with Gasteiger partial charge in [-0.25, -0.2) is 0 Å². The van der Waals surface area contributed by atoms with Gasteiger partial charge in [0, 0.05) is 42.8 Å². The molecular formula is C14H15N3O4. The number of hydrogen-bond donors (Lipinski definition) is 2. The van der Waals surface area contributed by atoms with Crippen molar-refractivity contribution in [3.05, 3.63) is 57.9 Å². The lowest BCUT2D eigenvalue weighted by Crippen LogP contribution is -2.06. The molecule has 0 saturated heterocycles. The fourth-order valence-corrected chi connectivity index (χ4v) is 1.92. The van der Waals surface area contributed by atoms with Gasteiger partial charge in [-0.15, -0.1) is 0 Å². The van der Waals surface area contributed by atoms with Crippen molar-refractivity contribution in [2.75, 3.05) is 6.54 Å². The van der Waals surface area contributed by atoms with Crippen molar-refractivity contribution in [3.63, 3.8) is 0 Å². The third kappa shape index (κ3) is 3.46. The zero-order chi connectivity index (χ0) is 15.4. The van der Waals surface area contributed by atoms with Crippen LogP contribution in [0.5, 0.6) is 5.75 Å². The average molecular weight is 289 g/mol. The topological polar surface area (TPSA) is 101 Å². The summed E-state index contributed by atoms with van der Waals surface area (Å²) in [4.78, 5) is 14.2. The molecule has 1 heterocycles. The predicted molar refractivity (Wildman–Crippen MR) is 77.6 cm³/mol. The average Bonchev–Trinajstić information content (AvgIpc) is 2.86. The summed E-state index contributed by atoms with van der Waals surface area (Å²) in [6, 6.07) is 7.28. The summed E-state index contributed by atoms with van der Waals surface area (Å²) in [7, 11) is 1.81. The van der Waals surface area contributed by atoms with Crippen LogP contribution in [-0.4, -0.2) is 32.5 Å². The molecule has 0 spiro atoms. The Balaban J connectivity index is 2.09. The molecule has 7 heteroatoms. The summed E-state index contributed by atoms with van der Waals surface area (Å²) in [5.41, 5.74) is 0.830. The number of benzene rings is 1. The van der Waals surface area contributed by atoms with E-state index < -0.39 is 11.0 Å². The lowest BCUT2D eigenvalue weighted by molar-refractivity contribution is -0.384. The van der Waals surface area contributed by atoms with Gasteiger partial charge in [0.25, 0.3) is 5.69 Å². The number of hydrogen-bond acceptors (Lipinski definition) is 5. The van der Waals surface area contributed by atoms with Crippen molar-refractivity contribution in [1.29, 1.82) is 0 Å². The molecule has 0 bridgehead atoms. The van der Waals surface area contributed by atoms with E-state index in [4.69, 9.17) is 0 Å². The van der Waals surface area contributed by atoms with Crippen LogP contribution in [0.3, 0.4) is 0 Å². The van der Waals surface area contributed by atoms with Crippen LogP contribution in [0.25, 0.3) is 0 Å². The van der Waals surface area contributed by atoms with Gasteiger partial charge in [-0.2, -0.15) is 0 Å². The van der Waals surface area contributed by atoms with Gasteiger partial charge >= 0.3 is 0 Å². The van der Waals surface area contributed by atoms with Gasteiger partial charge in [0.2, 0.25) is 0 Å². The van der Waals surface area contributed by atoms with Crippen LogP contribution in [0.2, 0.25) is 0 Å². The van der Waals surface area contributed by atoms with Crippen LogP contribution in [0.1, 0.15) is 17.4 Å². The fraction of sp³-hybridized carbons (Fsp3) is 0.214. The third-order valence-corrected chi connectivity index (χ3v) is 3.06. The van der Waals surface area contributed by atoms with Crippen molar-refractivity contribution >= 4 is 11.9 Å². The summed E-state index contributed by atoms with van der Waals surface area (Å²) >= 11 is 0. The first kappa shape index (κ1) is 14.7. The first-order chi connectivity index (χ1) is 9.99. The number of rotatable bonds is 5. The van der Waals surface area contributed by atoms with Gasteiger partial charge in [0.05, 0.1) is 11.5 Å². The number of aromatic hydroxyl groups is 1. The summed E-state index contributed by atoms with van der Waals surface area (Å²) in [6.07, 6.45) is 2.35. The Hall–Kier alpha value is -2.67. The van der Waals surface area contributed by atoms with Gasteiger partial charge in [-0.3, -0.25) is 15.1 Å². The van der Waals surface area contributed by atoms with Crippen molar-refractivity contribution in [2.24, 2.45) is 12.0 Å².